The number of carboxylic acids is 1. The summed E-state index contributed by atoms with van der Waals surface area (Å²) in [5.41, 5.74) is 6.52. The summed E-state index contributed by atoms with van der Waals surface area (Å²) in [7, 11) is 0. The Kier molecular flexibility index (Phi) is 6.78. The van der Waals surface area contributed by atoms with Crippen LogP contribution in [0, 0.1) is 19.8 Å². The fraction of sp³-hybridized carbons (Fsp3) is 0.286. The van der Waals surface area contributed by atoms with Gasteiger partial charge in [0.15, 0.2) is 0 Å². The van der Waals surface area contributed by atoms with E-state index < -0.39 is 5.97 Å². The van der Waals surface area contributed by atoms with Gasteiger partial charge >= 0.3 is 5.97 Å². The minimum atomic E-state index is -0.741. The van der Waals surface area contributed by atoms with Crippen molar-refractivity contribution in [1.29, 1.82) is 0 Å². The number of carboxylic acid groups (broad SMARTS) is 1. The fourth-order valence-electron chi connectivity index (χ4n) is 3.92. The van der Waals surface area contributed by atoms with E-state index in [2.05, 4.69) is 48.7 Å². The maximum absolute atomic E-state index is 11.0. The molecule has 0 saturated carbocycles. The van der Waals surface area contributed by atoms with Gasteiger partial charge in [0.05, 0.1) is 23.6 Å². The van der Waals surface area contributed by atoms with E-state index in [1.165, 1.54) is 11.1 Å². The molecule has 1 atom stereocenters. The predicted octanol–water partition coefficient (Wildman–Crippen LogP) is 6.58. The number of rotatable bonds is 9. The maximum atomic E-state index is 11.0. The van der Waals surface area contributed by atoms with Gasteiger partial charge in [0.25, 0.3) is 0 Å². The molecule has 0 saturated heterocycles. The van der Waals surface area contributed by atoms with Crippen LogP contribution in [0.1, 0.15) is 37.3 Å². The first-order chi connectivity index (χ1) is 15.9. The summed E-state index contributed by atoms with van der Waals surface area (Å²) in [4.78, 5) is 15.9. The minimum Gasteiger partial charge on any atom is -0.494 e. The lowest BCUT2D eigenvalue weighted by Crippen LogP contribution is -2.09. The minimum absolute atomic E-state index is 0.315. The second-order valence-corrected chi connectivity index (χ2v) is 8.64. The van der Waals surface area contributed by atoms with Crippen LogP contribution >= 0.6 is 0 Å². The normalized spacial score (nSPS) is 12.1. The number of aliphatic carboxylic acids is 1. The molecule has 3 aromatic carbocycles. The highest BCUT2D eigenvalue weighted by molar-refractivity contribution is 5.84. The Balaban J connectivity index is 1.64. The van der Waals surface area contributed by atoms with Crippen LogP contribution in [0.4, 0.5) is 0 Å². The molecule has 170 valence electrons. The van der Waals surface area contributed by atoms with Gasteiger partial charge in [-0.15, -0.1) is 0 Å². The van der Waals surface area contributed by atoms with E-state index in [-0.39, 0.29) is 5.92 Å². The second-order valence-electron chi connectivity index (χ2n) is 8.64. The number of fused-ring (bicyclic) bond motifs is 1. The van der Waals surface area contributed by atoms with Crippen LogP contribution in [-0.4, -0.2) is 27.2 Å². The van der Waals surface area contributed by atoms with Gasteiger partial charge in [-0.05, 0) is 68.5 Å². The Labute approximate surface area is 194 Å². The third kappa shape index (κ3) is 5.08. The number of carbonyl (C=O) groups is 1. The summed E-state index contributed by atoms with van der Waals surface area (Å²) in [6, 6.07) is 22.7. The third-order valence-corrected chi connectivity index (χ3v) is 6.13. The molecular weight excluding hydrogens is 412 g/mol. The van der Waals surface area contributed by atoms with E-state index in [1.54, 1.807) is 6.92 Å². The predicted molar refractivity (Wildman–Crippen MR) is 132 cm³/mol. The lowest BCUT2D eigenvalue weighted by Gasteiger charge is -2.12. The average Bonchev–Trinajstić information content (AvgIpc) is 3.20. The van der Waals surface area contributed by atoms with Crippen molar-refractivity contribution < 1.29 is 14.6 Å². The molecule has 4 rings (SSSR count). The SMILES string of the molecule is Cc1ccc(-n2c(-c3ccccc3)nc3ccc(OCCCCC(C)C(=O)O)cc32)cc1C. The Morgan fingerprint density at radius 2 is 1.79 bits per heavy atom. The van der Waals surface area contributed by atoms with Crippen molar-refractivity contribution in [2.75, 3.05) is 6.61 Å². The summed E-state index contributed by atoms with van der Waals surface area (Å²) >= 11 is 0. The number of aryl methyl sites for hydroxylation is 2. The number of aromatic nitrogens is 2. The highest BCUT2D eigenvalue weighted by atomic mass is 16.5. The molecular formula is C28H30N2O3. The molecule has 5 heteroatoms. The van der Waals surface area contributed by atoms with Gasteiger partial charge in [0.2, 0.25) is 0 Å². The molecule has 0 bridgehead atoms. The molecule has 0 aliphatic carbocycles. The van der Waals surface area contributed by atoms with Gasteiger partial charge < -0.3 is 9.84 Å². The van der Waals surface area contributed by atoms with E-state index in [9.17, 15) is 4.79 Å². The lowest BCUT2D eigenvalue weighted by atomic mass is 10.1. The third-order valence-electron chi connectivity index (χ3n) is 6.13. The second kappa shape index (κ2) is 9.90. The van der Waals surface area contributed by atoms with E-state index in [1.807, 2.05) is 36.4 Å². The number of hydrogen-bond acceptors (Lipinski definition) is 3. The smallest absolute Gasteiger partial charge is 0.306 e. The van der Waals surface area contributed by atoms with E-state index in [4.69, 9.17) is 14.8 Å². The van der Waals surface area contributed by atoms with Crippen LogP contribution in [0.5, 0.6) is 5.75 Å². The van der Waals surface area contributed by atoms with Crippen molar-refractivity contribution in [1.82, 2.24) is 9.55 Å². The Morgan fingerprint density at radius 3 is 2.52 bits per heavy atom. The highest BCUT2D eigenvalue weighted by Crippen LogP contribution is 2.31. The summed E-state index contributed by atoms with van der Waals surface area (Å²) in [6.07, 6.45) is 2.31. The van der Waals surface area contributed by atoms with Gasteiger partial charge in [0.1, 0.15) is 11.6 Å². The van der Waals surface area contributed by atoms with Crippen LogP contribution in [0.15, 0.2) is 66.7 Å². The summed E-state index contributed by atoms with van der Waals surface area (Å²) in [5.74, 6) is 0.632. The van der Waals surface area contributed by atoms with Gasteiger partial charge in [-0.2, -0.15) is 0 Å². The number of benzene rings is 3. The monoisotopic (exact) mass is 442 g/mol. The maximum Gasteiger partial charge on any atom is 0.306 e. The number of unbranched alkanes of at least 4 members (excludes halogenated alkanes) is 1. The molecule has 1 unspecified atom stereocenters. The molecule has 0 radical (unpaired) electrons. The number of ether oxygens (including phenoxy) is 1. The Hall–Kier alpha value is -3.60. The number of imidazole rings is 1. The van der Waals surface area contributed by atoms with Gasteiger partial charge in [-0.25, -0.2) is 4.98 Å². The molecule has 0 fully saturated rings. The van der Waals surface area contributed by atoms with Crippen molar-refractivity contribution in [3.05, 3.63) is 77.9 Å². The summed E-state index contributed by atoms with van der Waals surface area (Å²) in [5, 5.41) is 9.01. The zero-order chi connectivity index (χ0) is 23.4. The molecule has 5 nitrogen and oxygen atoms in total. The summed E-state index contributed by atoms with van der Waals surface area (Å²) < 4.78 is 8.21. The lowest BCUT2D eigenvalue weighted by molar-refractivity contribution is -0.141. The molecule has 4 aromatic rings. The van der Waals surface area contributed by atoms with Crippen molar-refractivity contribution >= 4 is 17.0 Å². The molecule has 1 aromatic heterocycles. The van der Waals surface area contributed by atoms with E-state index in [0.717, 1.165) is 46.7 Å². The Morgan fingerprint density at radius 1 is 1.00 bits per heavy atom. The molecule has 33 heavy (non-hydrogen) atoms. The van der Waals surface area contributed by atoms with Gasteiger partial charge in [0, 0.05) is 17.3 Å². The first-order valence-corrected chi connectivity index (χ1v) is 11.4. The van der Waals surface area contributed by atoms with Crippen molar-refractivity contribution in [3.63, 3.8) is 0 Å². The Bertz CT molecular complexity index is 1260. The van der Waals surface area contributed by atoms with Crippen LogP contribution in [0.3, 0.4) is 0 Å². The largest absolute Gasteiger partial charge is 0.494 e. The van der Waals surface area contributed by atoms with Crippen LogP contribution in [-0.2, 0) is 4.79 Å². The quantitative estimate of drug-likeness (QED) is 0.297. The molecule has 0 amide bonds. The molecule has 0 aliphatic rings. The summed E-state index contributed by atoms with van der Waals surface area (Å²) in [6.45, 7) is 6.54. The van der Waals surface area contributed by atoms with Crippen LogP contribution in [0.2, 0.25) is 0 Å². The van der Waals surface area contributed by atoms with Crippen LogP contribution in [0.25, 0.3) is 28.1 Å². The first kappa shape index (κ1) is 22.6. The average molecular weight is 443 g/mol. The molecule has 0 aliphatic heterocycles. The van der Waals surface area contributed by atoms with Crippen molar-refractivity contribution in [2.45, 2.75) is 40.0 Å². The van der Waals surface area contributed by atoms with Gasteiger partial charge in [-0.1, -0.05) is 43.3 Å². The van der Waals surface area contributed by atoms with Crippen LogP contribution < -0.4 is 4.74 Å². The standard InChI is InChI=1S/C28H30N2O3/c1-19-12-13-23(17-21(19)3)30-26-18-24(33-16-8-7-9-20(2)28(31)32)14-15-25(26)29-27(30)22-10-5-4-6-11-22/h4-6,10-15,17-18,20H,7-9,16H2,1-3H3,(H,31,32). The molecule has 1 heterocycles. The van der Waals surface area contributed by atoms with Gasteiger partial charge in [-0.3, -0.25) is 9.36 Å². The van der Waals surface area contributed by atoms with E-state index >= 15 is 0 Å². The molecule has 0 spiro atoms. The fourth-order valence-corrected chi connectivity index (χ4v) is 3.92. The van der Waals surface area contributed by atoms with Crippen molar-refractivity contribution in [2.24, 2.45) is 5.92 Å². The van der Waals surface area contributed by atoms with Crippen molar-refractivity contribution in [3.8, 4) is 22.8 Å². The highest BCUT2D eigenvalue weighted by Gasteiger charge is 2.16. The topological polar surface area (TPSA) is 64.4 Å². The zero-order valence-corrected chi connectivity index (χ0v) is 19.4. The zero-order valence-electron chi connectivity index (χ0n) is 19.4. The molecule has 1 N–H and O–H groups in total. The number of hydrogen-bond donors (Lipinski definition) is 1. The first-order valence-electron chi connectivity index (χ1n) is 11.4. The van der Waals surface area contributed by atoms with E-state index in [0.29, 0.717) is 13.0 Å². The number of nitrogens with zero attached hydrogens (tertiary/aromatic N) is 2.